The minimum atomic E-state index is -0.750. The average Bonchev–Trinajstić information content (AvgIpc) is 3.12. The summed E-state index contributed by atoms with van der Waals surface area (Å²) in [4.78, 5) is 38.1. The number of esters is 2. The average molecular weight is 495 g/mol. The number of carbonyl (C=O) groups is 2. The molecule has 1 aliphatic rings. The highest BCUT2D eigenvalue weighted by Crippen LogP contribution is 2.38. The van der Waals surface area contributed by atoms with Crippen LogP contribution in [-0.4, -0.2) is 43.1 Å². The molecular weight excluding hydrogens is 479 g/mol. The van der Waals surface area contributed by atoms with Crippen molar-refractivity contribution >= 4 is 52.8 Å². The molecule has 10 nitrogen and oxygen atoms in total. The number of aliphatic imine (C=N–C) groups is 1. The van der Waals surface area contributed by atoms with Crippen LogP contribution in [0.5, 0.6) is 11.5 Å². The second kappa shape index (κ2) is 10.3. The molecule has 2 aromatic rings. The number of carbonyl (C=O) groups excluding carboxylic acids is 2. The van der Waals surface area contributed by atoms with Crippen LogP contribution in [0.3, 0.4) is 0 Å². The summed E-state index contributed by atoms with van der Waals surface area (Å²) in [6.07, 6.45) is 1.41. The number of methoxy groups -OCH3 is 1. The lowest BCUT2D eigenvalue weighted by atomic mass is 10.1. The number of nitro benzene ring substituents is 1. The maximum absolute atomic E-state index is 12.3. The molecular formula is C21H16Cl2N2O8. The minimum Gasteiger partial charge on any atom is -0.490 e. The molecule has 0 radical (unpaired) electrons. The van der Waals surface area contributed by atoms with Crippen LogP contribution in [0.25, 0.3) is 6.08 Å². The molecule has 0 amide bonds. The monoisotopic (exact) mass is 494 g/mol. The van der Waals surface area contributed by atoms with Crippen molar-refractivity contribution in [1.29, 1.82) is 0 Å². The zero-order valence-electron chi connectivity index (χ0n) is 17.3. The summed E-state index contributed by atoms with van der Waals surface area (Å²) in [7, 11) is 1.23. The van der Waals surface area contributed by atoms with Crippen molar-refractivity contribution in [2.75, 3.05) is 20.3 Å². The molecule has 12 heteroatoms. The zero-order valence-corrected chi connectivity index (χ0v) is 18.8. The number of hydrogen-bond acceptors (Lipinski definition) is 9. The molecule has 0 bridgehead atoms. The Morgan fingerprint density at radius 1 is 1.21 bits per heavy atom. The molecule has 0 N–H and O–H groups in total. The van der Waals surface area contributed by atoms with Crippen molar-refractivity contribution in [3.63, 3.8) is 0 Å². The van der Waals surface area contributed by atoms with E-state index in [0.29, 0.717) is 5.56 Å². The standard InChI is InChI=1S/C21H16Cl2N2O8/c1-3-31-17-8-11(6-15(23)19(17)32-10-18(26)30-2)7-16-21(27)33-20(24-16)13-5-4-12(25(28)29)9-14(13)22/h4-9H,3,10H2,1-2H3/b16-7-. The Bertz CT molecular complexity index is 1190. The third-order valence-corrected chi connectivity index (χ3v) is 4.80. The molecule has 3 rings (SSSR count). The molecule has 0 fully saturated rings. The first kappa shape index (κ1) is 24.0. The van der Waals surface area contributed by atoms with Gasteiger partial charge in [-0.25, -0.2) is 14.6 Å². The molecule has 0 aromatic heterocycles. The third kappa shape index (κ3) is 5.60. The molecule has 0 aliphatic carbocycles. The molecule has 1 heterocycles. The van der Waals surface area contributed by atoms with Gasteiger partial charge in [-0.05, 0) is 36.8 Å². The van der Waals surface area contributed by atoms with Gasteiger partial charge >= 0.3 is 11.9 Å². The van der Waals surface area contributed by atoms with Crippen molar-refractivity contribution in [2.45, 2.75) is 6.92 Å². The van der Waals surface area contributed by atoms with E-state index in [4.69, 9.17) is 37.4 Å². The first-order valence-corrected chi connectivity index (χ1v) is 10.1. The fourth-order valence-electron chi connectivity index (χ4n) is 2.74. The van der Waals surface area contributed by atoms with E-state index in [1.54, 1.807) is 13.0 Å². The number of ether oxygens (including phenoxy) is 4. The maximum Gasteiger partial charge on any atom is 0.363 e. The van der Waals surface area contributed by atoms with Crippen LogP contribution in [0, 0.1) is 10.1 Å². The molecule has 0 saturated carbocycles. The number of cyclic esters (lactones) is 1. The van der Waals surface area contributed by atoms with Crippen LogP contribution in [-0.2, 0) is 19.1 Å². The first-order chi connectivity index (χ1) is 15.7. The van der Waals surface area contributed by atoms with Crippen LogP contribution in [0.15, 0.2) is 41.0 Å². The second-order valence-electron chi connectivity index (χ2n) is 6.39. The molecule has 1 aliphatic heterocycles. The highest BCUT2D eigenvalue weighted by molar-refractivity contribution is 6.35. The number of rotatable bonds is 8. The van der Waals surface area contributed by atoms with Crippen molar-refractivity contribution in [1.82, 2.24) is 0 Å². The van der Waals surface area contributed by atoms with Gasteiger partial charge in [-0.2, -0.15) is 0 Å². The Balaban J connectivity index is 1.93. The van der Waals surface area contributed by atoms with E-state index in [0.717, 1.165) is 6.07 Å². The Kier molecular flexibility index (Phi) is 7.52. The van der Waals surface area contributed by atoms with Gasteiger partial charge in [-0.3, -0.25) is 10.1 Å². The summed E-state index contributed by atoms with van der Waals surface area (Å²) in [5.74, 6) is -1.06. The molecule has 33 heavy (non-hydrogen) atoms. The zero-order chi connectivity index (χ0) is 24.1. The Hall–Kier alpha value is -3.63. The number of halogens is 2. The topological polar surface area (TPSA) is 127 Å². The fourth-order valence-corrected chi connectivity index (χ4v) is 3.27. The van der Waals surface area contributed by atoms with Gasteiger partial charge in [0.15, 0.2) is 23.8 Å². The summed E-state index contributed by atoms with van der Waals surface area (Å²) < 4.78 is 20.7. The van der Waals surface area contributed by atoms with Crippen molar-refractivity contribution in [2.24, 2.45) is 4.99 Å². The van der Waals surface area contributed by atoms with Crippen LogP contribution < -0.4 is 9.47 Å². The molecule has 0 saturated heterocycles. The van der Waals surface area contributed by atoms with Crippen LogP contribution in [0.2, 0.25) is 10.0 Å². The van der Waals surface area contributed by atoms with E-state index in [9.17, 15) is 19.7 Å². The summed E-state index contributed by atoms with van der Waals surface area (Å²) >= 11 is 12.4. The number of non-ortho nitro benzene ring substituents is 1. The SMILES string of the molecule is CCOc1cc(/C=C2\N=C(c3ccc([N+](=O)[O-])cc3Cl)OC2=O)cc(Cl)c1OCC(=O)OC. The van der Waals surface area contributed by atoms with E-state index in [1.165, 1.54) is 31.4 Å². The number of benzene rings is 2. The third-order valence-electron chi connectivity index (χ3n) is 4.21. The maximum atomic E-state index is 12.3. The number of hydrogen-bond donors (Lipinski definition) is 0. The second-order valence-corrected chi connectivity index (χ2v) is 7.20. The quantitative estimate of drug-likeness (QED) is 0.231. The predicted octanol–water partition coefficient (Wildman–Crippen LogP) is 4.20. The van der Waals surface area contributed by atoms with E-state index >= 15 is 0 Å². The Morgan fingerprint density at radius 2 is 1.97 bits per heavy atom. The Labute approximate surface area is 197 Å². The highest BCUT2D eigenvalue weighted by Gasteiger charge is 2.27. The normalized spacial score (nSPS) is 14.0. The van der Waals surface area contributed by atoms with Gasteiger partial charge in [0.2, 0.25) is 5.90 Å². The van der Waals surface area contributed by atoms with E-state index in [1.807, 2.05) is 0 Å². The van der Waals surface area contributed by atoms with Gasteiger partial charge < -0.3 is 18.9 Å². The molecule has 0 unspecified atom stereocenters. The summed E-state index contributed by atoms with van der Waals surface area (Å²) in [6, 6.07) is 6.74. The van der Waals surface area contributed by atoms with E-state index in [-0.39, 0.29) is 57.6 Å². The van der Waals surface area contributed by atoms with Gasteiger partial charge in [0.25, 0.3) is 5.69 Å². The molecule has 0 spiro atoms. The van der Waals surface area contributed by atoms with Gasteiger partial charge in [-0.1, -0.05) is 23.2 Å². The first-order valence-electron chi connectivity index (χ1n) is 9.36. The number of nitro groups is 1. The molecule has 2 aromatic carbocycles. The lowest BCUT2D eigenvalue weighted by Gasteiger charge is -2.13. The van der Waals surface area contributed by atoms with Crippen LogP contribution in [0.1, 0.15) is 18.1 Å². The smallest absolute Gasteiger partial charge is 0.363 e. The minimum absolute atomic E-state index is 0.00536. The number of nitrogens with zero attached hydrogens (tertiary/aromatic N) is 2. The lowest BCUT2D eigenvalue weighted by molar-refractivity contribution is -0.384. The van der Waals surface area contributed by atoms with E-state index in [2.05, 4.69) is 9.73 Å². The molecule has 0 atom stereocenters. The highest BCUT2D eigenvalue weighted by atomic mass is 35.5. The van der Waals surface area contributed by atoms with Crippen molar-refractivity contribution in [3.8, 4) is 11.5 Å². The lowest BCUT2D eigenvalue weighted by Crippen LogP contribution is -2.13. The van der Waals surface area contributed by atoms with E-state index < -0.39 is 16.9 Å². The van der Waals surface area contributed by atoms with Gasteiger partial charge in [0.05, 0.1) is 34.2 Å². The predicted molar refractivity (Wildman–Crippen MR) is 119 cm³/mol. The van der Waals surface area contributed by atoms with Gasteiger partial charge in [-0.15, -0.1) is 0 Å². The summed E-state index contributed by atoms with van der Waals surface area (Å²) in [6.45, 7) is 1.67. The van der Waals surface area contributed by atoms with Gasteiger partial charge in [0, 0.05) is 12.1 Å². The van der Waals surface area contributed by atoms with Crippen molar-refractivity contribution in [3.05, 3.63) is 67.3 Å². The van der Waals surface area contributed by atoms with Crippen LogP contribution >= 0.6 is 23.2 Å². The summed E-state index contributed by atoms with van der Waals surface area (Å²) in [5.41, 5.74) is 0.400. The summed E-state index contributed by atoms with van der Waals surface area (Å²) in [5, 5.41) is 11.0. The fraction of sp³-hybridized carbons (Fsp3) is 0.190. The Morgan fingerprint density at radius 3 is 2.61 bits per heavy atom. The van der Waals surface area contributed by atoms with Crippen LogP contribution in [0.4, 0.5) is 5.69 Å². The van der Waals surface area contributed by atoms with Crippen molar-refractivity contribution < 1.29 is 33.5 Å². The molecule has 172 valence electrons. The van der Waals surface area contributed by atoms with Gasteiger partial charge in [0.1, 0.15) is 0 Å². The largest absolute Gasteiger partial charge is 0.490 e.